The molecule has 3 rings (SSSR count). The molecule has 0 atom stereocenters. The second-order valence-electron chi connectivity index (χ2n) is 4.47. The molecule has 6 heteroatoms. The van der Waals surface area contributed by atoms with Crippen LogP contribution in [0.4, 0.5) is 5.82 Å². The van der Waals surface area contributed by atoms with E-state index in [0.717, 1.165) is 22.1 Å². The standard InChI is InChI=1S/C13H13BN4O/c1-18-11-5-10(14)12(4-8(11)6-17-18)19-9-2-3-13(15)16-7-9/h2-7H,14H2,1H3,(H2,15,16). The van der Waals surface area contributed by atoms with Crippen molar-refractivity contribution in [2.24, 2.45) is 7.05 Å². The predicted octanol–water partition coefficient (Wildman–Crippen LogP) is 0.601. The Balaban J connectivity index is 2.00. The molecule has 0 aliphatic rings. The van der Waals surface area contributed by atoms with E-state index in [9.17, 15) is 0 Å². The summed E-state index contributed by atoms with van der Waals surface area (Å²) in [5.41, 5.74) is 7.68. The zero-order valence-electron chi connectivity index (χ0n) is 10.8. The average Bonchev–Trinajstić information content (AvgIpc) is 2.74. The maximum atomic E-state index is 5.83. The third-order valence-electron chi connectivity index (χ3n) is 3.03. The number of nitrogen functional groups attached to an aromatic ring is 1. The van der Waals surface area contributed by atoms with Gasteiger partial charge in [0.05, 0.1) is 17.9 Å². The smallest absolute Gasteiger partial charge is 0.145 e. The molecule has 2 aromatic heterocycles. The first-order chi connectivity index (χ1) is 9.13. The van der Waals surface area contributed by atoms with Gasteiger partial charge in [0.1, 0.15) is 25.2 Å². The molecule has 0 amide bonds. The number of fused-ring (bicyclic) bond motifs is 1. The highest BCUT2D eigenvalue weighted by Gasteiger charge is 2.07. The topological polar surface area (TPSA) is 66.0 Å². The molecule has 0 radical (unpaired) electrons. The van der Waals surface area contributed by atoms with Gasteiger partial charge in [-0.3, -0.25) is 4.68 Å². The summed E-state index contributed by atoms with van der Waals surface area (Å²) >= 11 is 0. The van der Waals surface area contributed by atoms with Crippen LogP contribution >= 0.6 is 0 Å². The van der Waals surface area contributed by atoms with Gasteiger partial charge in [-0.25, -0.2) is 4.98 Å². The van der Waals surface area contributed by atoms with Crippen molar-refractivity contribution >= 4 is 30.0 Å². The van der Waals surface area contributed by atoms with Crippen molar-refractivity contribution in [2.45, 2.75) is 0 Å². The molecular formula is C13H13BN4O. The predicted molar refractivity (Wildman–Crippen MR) is 77.6 cm³/mol. The average molecular weight is 252 g/mol. The van der Waals surface area contributed by atoms with E-state index in [1.807, 2.05) is 31.8 Å². The zero-order valence-corrected chi connectivity index (χ0v) is 10.8. The maximum Gasteiger partial charge on any atom is 0.145 e. The summed E-state index contributed by atoms with van der Waals surface area (Å²) in [6.45, 7) is 0. The SMILES string of the molecule is Bc1cc2c(cnn2C)cc1Oc1ccc(N)nc1. The van der Waals surface area contributed by atoms with Gasteiger partial charge in [-0.1, -0.05) is 0 Å². The number of aromatic nitrogens is 3. The van der Waals surface area contributed by atoms with Crippen molar-refractivity contribution in [3.8, 4) is 11.5 Å². The molecule has 0 aliphatic heterocycles. The van der Waals surface area contributed by atoms with Gasteiger partial charge in [0.2, 0.25) is 0 Å². The minimum Gasteiger partial charge on any atom is -0.456 e. The molecule has 0 saturated carbocycles. The van der Waals surface area contributed by atoms with Gasteiger partial charge in [0, 0.05) is 12.4 Å². The second-order valence-corrected chi connectivity index (χ2v) is 4.47. The molecule has 19 heavy (non-hydrogen) atoms. The van der Waals surface area contributed by atoms with Crippen molar-refractivity contribution < 1.29 is 4.74 Å². The van der Waals surface area contributed by atoms with Crippen LogP contribution < -0.4 is 15.9 Å². The molecule has 2 N–H and O–H groups in total. The highest BCUT2D eigenvalue weighted by Crippen LogP contribution is 2.23. The first-order valence-electron chi connectivity index (χ1n) is 5.95. The number of rotatable bonds is 2. The summed E-state index contributed by atoms with van der Waals surface area (Å²) in [6, 6.07) is 7.55. The quantitative estimate of drug-likeness (QED) is 0.678. The number of hydrogen-bond donors (Lipinski definition) is 1. The van der Waals surface area contributed by atoms with Crippen molar-refractivity contribution in [3.05, 3.63) is 36.7 Å². The van der Waals surface area contributed by atoms with Gasteiger partial charge in [0.25, 0.3) is 0 Å². The zero-order chi connectivity index (χ0) is 13.4. The highest BCUT2D eigenvalue weighted by atomic mass is 16.5. The molecular weight excluding hydrogens is 239 g/mol. The summed E-state index contributed by atoms with van der Waals surface area (Å²) in [5, 5.41) is 5.28. The van der Waals surface area contributed by atoms with Crippen LogP contribution in [0.15, 0.2) is 36.7 Å². The Hall–Kier alpha value is -2.50. The van der Waals surface area contributed by atoms with Crippen LogP contribution in [0.25, 0.3) is 10.9 Å². The van der Waals surface area contributed by atoms with E-state index in [-0.39, 0.29) is 0 Å². The normalized spacial score (nSPS) is 10.8. The molecule has 5 nitrogen and oxygen atoms in total. The Morgan fingerprint density at radius 3 is 2.84 bits per heavy atom. The Morgan fingerprint density at radius 2 is 2.11 bits per heavy atom. The Labute approximate surface area is 111 Å². The Bertz CT molecular complexity index is 736. The van der Waals surface area contributed by atoms with Crippen LogP contribution in [0.2, 0.25) is 0 Å². The molecule has 1 aromatic carbocycles. The number of nitrogens with two attached hydrogens (primary N) is 1. The summed E-state index contributed by atoms with van der Waals surface area (Å²) in [7, 11) is 3.93. The number of nitrogens with zero attached hydrogens (tertiary/aromatic N) is 3. The molecule has 0 aliphatic carbocycles. The van der Waals surface area contributed by atoms with Gasteiger partial charge >= 0.3 is 0 Å². The first kappa shape index (κ1) is 11.6. The first-order valence-corrected chi connectivity index (χ1v) is 5.95. The maximum absolute atomic E-state index is 5.83. The van der Waals surface area contributed by atoms with Gasteiger partial charge < -0.3 is 10.5 Å². The highest BCUT2D eigenvalue weighted by molar-refractivity contribution is 6.35. The fourth-order valence-electron chi connectivity index (χ4n) is 1.97. The van der Waals surface area contributed by atoms with Crippen molar-refractivity contribution in [2.75, 3.05) is 5.73 Å². The molecule has 3 aromatic rings. The number of anilines is 1. The third kappa shape index (κ3) is 2.12. The Morgan fingerprint density at radius 1 is 1.26 bits per heavy atom. The minimum absolute atomic E-state index is 0.479. The van der Waals surface area contributed by atoms with E-state index in [0.29, 0.717) is 11.6 Å². The van der Waals surface area contributed by atoms with Gasteiger partial charge in [-0.2, -0.15) is 5.10 Å². The van der Waals surface area contributed by atoms with Crippen molar-refractivity contribution in [3.63, 3.8) is 0 Å². The van der Waals surface area contributed by atoms with E-state index in [2.05, 4.69) is 16.1 Å². The van der Waals surface area contributed by atoms with Gasteiger partial charge in [0.15, 0.2) is 0 Å². The number of hydrogen-bond acceptors (Lipinski definition) is 4. The van der Waals surface area contributed by atoms with Gasteiger partial charge in [-0.05, 0) is 29.7 Å². The lowest BCUT2D eigenvalue weighted by molar-refractivity contribution is 0.485. The molecule has 0 unspecified atom stereocenters. The monoisotopic (exact) mass is 252 g/mol. The molecule has 2 heterocycles. The van der Waals surface area contributed by atoms with Crippen LogP contribution in [0, 0.1) is 0 Å². The van der Waals surface area contributed by atoms with Crippen LogP contribution in [0.1, 0.15) is 0 Å². The molecule has 0 spiro atoms. The fourth-order valence-corrected chi connectivity index (χ4v) is 1.97. The number of benzene rings is 1. The van der Waals surface area contributed by atoms with E-state index < -0.39 is 0 Å². The lowest BCUT2D eigenvalue weighted by Gasteiger charge is -2.09. The van der Waals surface area contributed by atoms with Crippen molar-refractivity contribution in [1.82, 2.24) is 14.8 Å². The summed E-state index contributed by atoms with van der Waals surface area (Å²) < 4.78 is 7.67. The molecule has 94 valence electrons. The lowest BCUT2D eigenvalue weighted by Crippen LogP contribution is -2.07. The lowest BCUT2D eigenvalue weighted by atomic mass is 9.94. The number of aryl methyl sites for hydroxylation is 1. The van der Waals surface area contributed by atoms with Crippen LogP contribution in [-0.2, 0) is 7.05 Å². The minimum atomic E-state index is 0.479. The van der Waals surface area contributed by atoms with Crippen molar-refractivity contribution in [1.29, 1.82) is 0 Å². The number of ether oxygens (including phenoxy) is 1. The Kier molecular flexibility index (Phi) is 2.63. The molecule has 0 bridgehead atoms. The second kappa shape index (κ2) is 4.31. The number of pyridine rings is 1. The van der Waals surface area contributed by atoms with E-state index in [4.69, 9.17) is 10.5 Å². The van der Waals surface area contributed by atoms with Gasteiger partial charge in [-0.15, -0.1) is 0 Å². The molecule has 0 saturated heterocycles. The fraction of sp³-hybridized carbons (Fsp3) is 0.0769. The summed E-state index contributed by atoms with van der Waals surface area (Å²) in [5.74, 6) is 1.94. The summed E-state index contributed by atoms with van der Waals surface area (Å²) in [4.78, 5) is 4.01. The van der Waals surface area contributed by atoms with Crippen LogP contribution in [0.3, 0.4) is 0 Å². The van der Waals surface area contributed by atoms with Crippen LogP contribution in [-0.4, -0.2) is 22.6 Å². The third-order valence-corrected chi connectivity index (χ3v) is 3.03. The van der Waals surface area contributed by atoms with Crippen LogP contribution in [0.5, 0.6) is 11.5 Å². The van der Waals surface area contributed by atoms with E-state index >= 15 is 0 Å². The summed E-state index contributed by atoms with van der Waals surface area (Å²) in [6.07, 6.45) is 3.44. The molecule has 0 fully saturated rings. The van der Waals surface area contributed by atoms with E-state index in [1.165, 1.54) is 0 Å². The largest absolute Gasteiger partial charge is 0.456 e. The van der Waals surface area contributed by atoms with E-state index in [1.54, 1.807) is 18.3 Å².